The number of benzene rings is 1. The van der Waals surface area contributed by atoms with Gasteiger partial charge in [-0.15, -0.1) is 11.3 Å². The van der Waals surface area contributed by atoms with Crippen LogP contribution in [0.25, 0.3) is 0 Å². The van der Waals surface area contributed by atoms with Gasteiger partial charge in [-0.05, 0) is 44.5 Å². The maximum atomic E-state index is 12.7. The first-order valence-electron chi connectivity index (χ1n) is 9.94. The van der Waals surface area contributed by atoms with E-state index in [1.54, 1.807) is 50.0 Å². The van der Waals surface area contributed by atoms with E-state index in [0.29, 0.717) is 40.7 Å². The van der Waals surface area contributed by atoms with Crippen LogP contribution in [0.15, 0.2) is 36.0 Å². The highest BCUT2D eigenvalue weighted by atomic mass is 32.1. The molecule has 0 bridgehead atoms. The summed E-state index contributed by atoms with van der Waals surface area (Å²) in [5, 5.41) is 2.85. The van der Waals surface area contributed by atoms with Gasteiger partial charge in [-0.3, -0.25) is 9.59 Å². The fraction of sp³-hybridized carbons (Fsp3) is 0.318. The molecule has 9 heteroatoms. The molecule has 0 spiro atoms. The summed E-state index contributed by atoms with van der Waals surface area (Å²) in [6.45, 7) is 4.86. The Morgan fingerprint density at radius 2 is 1.94 bits per heavy atom. The SMILES string of the molecule is COc1ccc(NC(=O)c2cnc([C@@H]3CCN(C(=O)c4scnc4C)C3)nc2C)cc1. The largest absolute Gasteiger partial charge is 0.497 e. The third kappa shape index (κ3) is 4.41. The molecule has 0 aliphatic carbocycles. The molecule has 2 amide bonds. The van der Waals surface area contributed by atoms with E-state index in [4.69, 9.17) is 4.74 Å². The van der Waals surface area contributed by atoms with Gasteiger partial charge in [0.05, 0.1) is 29.6 Å². The maximum Gasteiger partial charge on any atom is 0.265 e. The highest BCUT2D eigenvalue weighted by Crippen LogP contribution is 2.28. The van der Waals surface area contributed by atoms with Gasteiger partial charge < -0.3 is 15.0 Å². The van der Waals surface area contributed by atoms with Gasteiger partial charge >= 0.3 is 0 Å². The lowest BCUT2D eigenvalue weighted by molar-refractivity contribution is 0.0794. The van der Waals surface area contributed by atoms with Crippen LogP contribution in [-0.2, 0) is 0 Å². The van der Waals surface area contributed by atoms with Crippen LogP contribution in [0.1, 0.15) is 49.6 Å². The lowest BCUT2D eigenvalue weighted by Gasteiger charge is -2.16. The van der Waals surface area contributed by atoms with E-state index in [-0.39, 0.29) is 17.7 Å². The molecule has 4 rings (SSSR count). The third-order valence-corrected chi connectivity index (χ3v) is 6.29. The summed E-state index contributed by atoms with van der Waals surface area (Å²) in [6.07, 6.45) is 2.36. The normalized spacial score (nSPS) is 15.7. The number of ether oxygens (including phenoxy) is 1. The summed E-state index contributed by atoms with van der Waals surface area (Å²) in [5.74, 6) is 1.17. The van der Waals surface area contributed by atoms with Crippen molar-refractivity contribution >= 4 is 28.8 Å². The van der Waals surface area contributed by atoms with Crippen LogP contribution < -0.4 is 10.1 Å². The number of aromatic nitrogens is 3. The molecule has 1 aromatic carbocycles. The molecular formula is C22H23N5O3S. The van der Waals surface area contributed by atoms with Crippen LogP contribution in [0.5, 0.6) is 5.75 Å². The molecule has 3 aromatic rings. The lowest BCUT2D eigenvalue weighted by Crippen LogP contribution is -2.28. The van der Waals surface area contributed by atoms with E-state index in [0.717, 1.165) is 17.9 Å². The first kappa shape index (κ1) is 20.9. The van der Waals surface area contributed by atoms with Crippen molar-refractivity contribution in [3.63, 3.8) is 0 Å². The molecule has 0 unspecified atom stereocenters. The van der Waals surface area contributed by atoms with Crippen LogP contribution in [0.4, 0.5) is 5.69 Å². The highest BCUT2D eigenvalue weighted by Gasteiger charge is 2.31. The van der Waals surface area contributed by atoms with E-state index in [9.17, 15) is 9.59 Å². The Bertz CT molecular complexity index is 1110. The van der Waals surface area contributed by atoms with Gasteiger partial charge in [0.1, 0.15) is 16.5 Å². The maximum absolute atomic E-state index is 12.7. The summed E-state index contributed by atoms with van der Waals surface area (Å²) in [6, 6.07) is 7.11. The fourth-order valence-corrected chi connectivity index (χ4v) is 4.35. The number of carbonyl (C=O) groups excluding carboxylic acids is 2. The first-order chi connectivity index (χ1) is 15.0. The number of thiazole rings is 1. The summed E-state index contributed by atoms with van der Waals surface area (Å²) in [5.41, 5.74) is 4.15. The minimum Gasteiger partial charge on any atom is -0.497 e. The number of methoxy groups -OCH3 is 1. The second-order valence-electron chi connectivity index (χ2n) is 7.41. The smallest absolute Gasteiger partial charge is 0.265 e. The Labute approximate surface area is 184 Å². The minimum atomic E-state index is -0.266. The predicted octanol–water partition coefficient (Wildman–Crippen LogP) is 3.44. The molecule has 31 heavy (non-hydrogen) atoms. The van der Waals surface area contributed by atoms with Gasteiger partial charge in [0.15, 0.2) is 0 Å². The predicted molar refractivity (Wildman–Crippen MR) is 118 cm³/mol. The van der Waals surface area contributed by atoms with Crippen molar-refractivity contribution in [2.24, 2.45) is 0 Å². The zero-order valence-corrected chi connectivity index (χ0v) is 18.4. The van der Waals surface area contributed by atoms with Gasteiger partial charge in [-0.25, -0.2) is 15.0 Å². The molecule has 1 aliphatic rings. The van der Waals surface area contributed by atoms with E-state index in [1.807, 2.05) is 11.8 Å². The quantitative estimate of drug-likeness (QED) is 0.657. The second kappa shape index (κ2) is 8.81. The molecule has 2 aromatic heterocycles. The van der Waals surface area contributed by atoms with Crippen molar-refractivity contribution in [1.29, 1.82) is 0 Å². The van der Waals surface area contributed by atoms with Crippen LogP contribution in [0.2, 0.25) is 0 Å². The number of amides is 2. The highest BCUT2D eigenvalue weighted by molar-refractivity contribution is 7.11. The van der Waals surface area contributed by atoms with Crippen molar-refractivity contribution in [2.45, 2.75) is 26.2 Å². The number of hydrogen-bond acceptors (Lipinski definition) is 7. The molecular weight excluding hydrogens is 414 g/mol. The number of anilines is 1. The average Bonchev–Trinajstić information content (AvgIpc) is 3.43. The molecule has 0 radical (unpaired) electrons. The Morgan fingerprint density at radius 3 is 2.58 bits per heavy atom. The molecule has 0 saturated carbocycles. The zero-order chi connectivity index (χ0) is 22.0. The van der Waals surface area contributed by atoms with E-state index in [2.05, 4.69) is 20.3 Å². The van der Waals surface area contributed by atoms with Crippen molar-refractivity contribution in [3.05, 3.63) is 63.6 Å². The van der Waals surface area contributed by atoms with Gasteiger partial charge in [-0.1, -0.05) is 0 Å². The molecule has 3 heterocycles. The molecule has 8 nitrogen and oxygen atoms in total. The molecule has 160 valence electrons. The van der Waals surface area contributed by atoms with Crippen molar-refractivity contribution in [3.8, 4) is 5.75 Å². The van der Waals surface area contributed by atoms with E-state index in [1.165, 1.54) is 11.3 Å². The number of nitrogens with one attached hydrogen (secondary N) is 1. The van der Waals surface area contributed by atoms with Gasteiger partial charge in [0.25, 0.3) is 11.8 Å². The number of hydrogen-bond donors (Lipinski definition) is 1. The molecule has 1 fully saturated rings. The second-order valence-corrected chi connectivity index (χ2v) is 8.27. The Kier molecular flexibility index (Phi) is 5.94. The Balaban J connectivity index is 1.43. The van der Waals surface area contributed by atoms with E-state index >= 15 is 0 Å². The fourth-order valence-electron chi connectivity index (χ4n) is 3.58. The van der Waals surface area contributed by atoms with Crippen molar-refractivity contribution < 1.29 is 14.3 Å². The van der Waals surface area contributed by atoms with Crippen molar-refractivity contribution in [2.75, 3.05) is 25.5 Å². The summed E-state index contributed by atoms with van der Waals surface area (Å²) in [7, 11) is 1.59. The lowest BCUT2D eigenvalue weighted by atomic mass is 10.1. The molecule has 1 atom stereocenters. The van der Waals surface area contributed by atoms with Crippen LogP contribution >= 0.6 is 11.3 Å². The van der Waals surface area contributed by atoms with Gasteiger partial charge in [0, 0.05) is 30.9 Å². The number of nitrogens with zero attached hydrogens (tertiary/aromatic N) is 4. The summed E-state index contributed by atoms with van der Waals surface area (Å²) in [4.78, 5) is 41.1. The number of carbonyl (C=O) groups is 2. The third-order valence-electron chi connectivity index (χ3n) is 5.37. The average molecular weight is 438 g/mol. The van der Waals surface area contributed by atoms with Gasteiger partial charge in [-0.2, -0.15) is 0 Å². The molecule has 1 saturated heterocycles. The molecule has 1 aliphatic heterocycles. The van der Waals surface area contributed by atoms with Crippen LogP contribution in [0, 0.1) is 13.8 Å². The monoisotopic (exact) mass is 437 g/mol. The molecule has 1 N–H and O–H groups in total. The van der Waals surface area contributed by atoms with Crippen LogP contribution in [0.3, 0.4) is 0 Å². The van der Waals surface area contributed by atoms with Crippen molar-refractivity contribution in [1.82, 2.24) is 19.9 Å². The van der Waals surface area contributed by atoms with Crippen LogP contribution in [-0.4, -0.2) is 51.9 Å². The Morgan fingerprint density at radius 1 is 1.16 bits per heavy atom. The minimum absolute atomic E-state index is 0.00899. The summed E-state index contributed by atoms with van der Waals surface area (Å²) >= 11 is 1.37. The Hall–Kier alpha value is -3.33. The number of likely N-dealkylation sites (tertiary alicyclic amines) is 1. The summed E-state index contributed by atoms with van der Waals surface area (Å²) < 4.78 is 5.13. The van der Waals surface area contributed by atoms with Gasteiger partial charge in [0.2, 0.25) is 0 Å². The standard InChI is InChI=1S/C22H23N5O3S/c1-13-18(21(28)26-16-4-6-17(30-3)7-5-16)10-23-20(25-13)15-8-9-27(11-15)22(29)19-14(2)24-12-31-19/h4-7,10,12,15H,8-9,11H2,1-3H3,(H,26,28)/t15-/m1/s1. The first-order valence-corrected chi connectivity index (χ1v) is 10.8. The number of aryl methyl sites for hydroxylation is 2. The number of rotatable bonds is 5. The topological polar surface area (TPSA) is 97.3 Å². The van der Waals surface area contributed by atoms with E-state index < -0.39 is 0 Å². The zero-order valence-electron chi connectivity index (χ0n) is 17.6.